The molecule has 1 atom stereocenters. The Morgan fingerprint density at radius 2 is 1.65 bits per heavy atom. The molecule has 3 aromatic carbocycles. The maximum Gasteiger partial charge on any atom is 0.258 e. The summed E-state index contributed by atoms with van der Waals surface area (Å²) >= 11 is 0. The lowest BCUT2D eigenvalue weighted by molar-refractivity contribution is -0.128. The number of nitrogens with zero attached hydrogens (tertiary/aromatic N) is 3. The summed E-state index contributed by atoms with van der Waals surface area (Å²) in [6.45, 7) is 0.922. The topological polar surface area (TPSA) is 54.4 Å². The molecular weight excluding hydrogens is 390 g/mol. The normalized spacial score (nSPS) is 16.8. The minimum Gasteiger partial charge on any atom is -0.497 e. The van der Waals surface area contributed by atoms with E-state index in [1.807, 2.05) is 66.7 Å². The van der Waals surface area contributed by atoms with Crippen LogP contribution in [-0.4, -0.2) is 42.8 Å². The first-order valence-electron chi connectivity index (χ1n) is 10.1. The van der Waals surface area contributed by atoms with Gasteiger partial charge in [-0.3, -0.25) is 9.69 Å². The summed E-state index contributed by atoms with van der Waals surface area (Å²) in [5.74, 6) is 1.43. The van der Waals surface area contributed by atoms with Crippen LogP contribution in [0.5, 0.6) is 11.5 Å². The molecule has 1 unspecified atom stereocenters. The molecule has 0 aliphatic carbocycles. The first-order chi connectivity index (χ1) is 15.2. The molecule has 0 N–H and O–H groups in total. The third-order valence-corrected chi connectivity index (χ3v) is 5.22. The maximum atomic E-state index is 13.0. The second-order valence-electron chi connectivity index (χ2n) is 7.30. The van der Waals surface area contributed by atoms with Gasteiger partial charge in [-0.15, -0.1) is 0 Å². The SMILES string of the molecule is COc1cccc(/C=N/N2C(=O)CN(Cc3ccccc3)C2c2cccc(OC)c2)c1. The number of amides is 1. The first-order valence-corrected chi connectivity index (χ1v) is 10.1. The molecule has 1 aliphatic heterocycles. The molecular formula is C25H25N3O3. The van der Waals surface area contributed by atoms with Crippen LogP contribution in [0.3, 0.4) is 0 Å². The minimum absolute atomic E-state index is 0.0529. The Kier molecular flexibility index (Phi) is 6.29. The lowest BCUT2D eigenvalue weighted by Gasteiger charge is -2.27. The predicted molar refractivity (Wildman–Crippen MR) is 120 cm³/mol. The van der Waals surface area contributed by atoms with Gasteiger partial charge in [0.2, 0.25) is 0 Å². The molecule has 1 heterocycles. The zero-order chi connectivity index (χ0) is 21.6. The fourth-order valence-electron chi connectivity index (χ4n) is 3.72. The zero-order valence-electron chi connectivity index (χ0n) is 17.6. The fraction of sp³-hybridized carbons (Fsp3) is 0.200. The second kappa shape index (κ2) is 9.45. The number of hydrogen-bond acceptors (Lipinski definition) is 5. The Morgan fingerprint density at radius 3 is 2.39 bits per heavy atom. The summed E-state index contributed by atoms with van der Waals surface area (Å²) in [6, 6.07) is 25.5. The van der Waals surface area contributed by atoms with Crippen molar-refractivity contribution in [3.8, 4) is 11.5 Å². The number of carbonyl (C=O) groups excluding carboxylic acids is 1. The molecule has 158 valence electrons. The summed E-state index contributed by atoms with van der Waals surface area (Å²) in [5.41, 5.74) is 2.95. The van der Waals surface area contributed by atoms with Crippen LogP contribution < -0.4 is 9.47 Å². The van der Waals surface area contributed by atoms with Crippen molar-refractivity contribution in [3.05, 3.63) is 95.6 Å². The number of carbonyl (C=O) groups is 1. The molecule has 1 saturated heterocycles. The van der Waals surface area contributed by atoms with Crippen molar-refractivity contribution in [1.82, 2.24) is 9.91 Å². The lowest BCUT2D eigenvalue weighted by atomic mass is 10.1. The van der Waals surface area contributed by atoms with E-state index in [1.54, 1.807) is 25.4 Å². The molecule has 1 aliphatic rings. The largest absolute Gasteiger partial charge is 0.497 e. The molecule has 0 aromatic heterocycles. The Labute approximate surface area is 182 Å². The van der Waals surface area contributed by atoms with Crippen molar-refractivity contribution in [2.45, 2.75) is 12.7 Å². The van der Waals surface area contributed by atoms with Crippen LogP contribution in [0.4, 0.5) is 0 Å². The van der Waals surface area contributed by atoms with Crippen LogP contribution in [0.2, 0.25) is 0 Å². The van der Waals surface area contributed by atoms with E-state index in [0.29, 0.717) is 6.54 Å². The Balaban J connectivity index is 1.67. The Bertz CT molecular complexity index is 1070. The van der Waals surface area contributed by atoms with Gasteiger partial charge in [0.1, 0.15) is 17.7 Å². The summed E-state index contributed by atoms with van der Waals surface area (Å²) in [4.78, 5) is 15.1. The van der Waals surface area contributed by atoms with Crippen molar-refractivity contribution in [2.24, 2.45) is 5.10 Å². The van der Waals surface area contributed by atoms with Gasteiger partial charge in [-0.1, -0.05) is 54.6 Å². The highest BCUT2D eigenvalue weighted by Gasteiger charge is 2.39. The van der Waals surface area contributed by atoms with E-state index < -0.39 is 0 Å². The summed E-state index contributed by atoms with van der Waals surface area (Å²) in [5, 5.41) is 6.13. The number of hydrogen-bond donors (Lipinski definition) is 0. The third-order valence-electron chi connectivity index (χ3n) is 5.22. The van der Waals surface area contributed by atoms with Crippen LogP contribution in [0.25, 0.3) is 0 Å². The van der Waals surface area contributed by atoms with Crippen molar-refractivity contribution in [2.75, 3.05) is 20.8 Å². The van der Waals surface area contributed by atoms with Gasteiger partial charge in [0.25, 0.3) is 5.91 Å². The number of benzene rings is 3. The average Bonchev–Trinajstić information content (AvgIpc) is 3.13. The number of hydrazone groups is 1. The first kappa shape index (κ1) is 20.6. The van der Waals surface area contributed by atoms with Crippen molar-refractivity contribution < 1.29 is 14.3 Å². The van der Waals surface area contributed by atoms with Gasteiger partial charge in [0.05, 0.1) is 27.0 Å². The fourth-order valence-corrected chi connectivity index (χ4v) is 3.72. The average molecular weight is 415 g/mol. The van der Waals surface area contributed by atoms with Gasteiger partial charge in [0, 0.05) is 6.54 Å². The monoisotopic (exact) mass is 415 g/mol. The van der Waals surface area contributed by atoms with Gasteiger partial charge in [-0.25, -0.2) is 5.01 Å². The van der Waals surface area contributed by atoms with E-state index in [-0.39, 0.29) is 18.6 Å². The number of methoxy groups -OCH3 is 2. The maximum absolute atomic E-state index is 13.0. The number of rotatable bonds is 7. The molecule has 1 fully saturated rings. The highest BCUT2D eigenvalue weighted by atomic mass is 16.5. The van der Waals surface area contributed by atoms with Crippen LogP contribution >= 0.6 is 0 Å². The molecule has 0 bridgehead atoms. The molecule has 4 rings (SSSR count). The molecule has 6 heteroatoms. The van der Waals surface area contributed by atoms with E-state index in [1.165, 1.54) is 0 Å². The molecule has 31 heavy (non-hydrogen) atoms. The smallest absolute Gasteiger partial charge is 0.258 e. The van der Waals surface area contributed by atoms with Crippen LogP contribution in [0.1, 0.15) is 22.9 Å². The highest BCUT2D eigenvalue weighted by molar-refractivity contribution is 5.85. The predicted octanol–water partition coefficient (Wildman–Crippen LogP) is 4.08. The molecule has 3 aromatic rings. The van der Waals surface area contributed by atoms with E-state index in [9.17, 15) is 4.79 Å². The molecule has 6 nitrogen and oxygen atoms in total. The van der Waals surface area contributed by atoms with Crippen LogP contribution in [-0.2, 0) is 11.3 Å². The van der Waals surface area contributed by atoms with Gasteiger partial charge in [-0.05, 0) is 41.0 Å². The van der Waals surface area contributed by atoms with E-state index in [2.05, 4.69) is 22.1 Å². The Hall–Kier alpha value is -3.64. The zero-order valence-corrected chi connectivity index (χ0v) is 17.6. The minimum atomic E-state index is -0.329. The summed E-state index contributed by atoms with van der Waals surface area (Å²) in [7, 11) is 3.26. The molecule has 0 saturated carbocycles. The molecule has 1 amide bonds. The van der Waals surface area contributed by atoms with Crippen molar-refractivity contribution in [3.63, 3.8) is 0 Å². The third kappa shape index (κ3) is 4.75. The van der Waals surface area contributed by atoms with E-state index in [4.69, 9.17) is 9.47 Å². The quantitative estimate of drug-likeness (QED) is 0.546. The number of ether oxygens (including phenoxy) is 2. The lowest BCUT2D eigenvalue weighted by Crippen LogP contribution is -2.28. The van der Waals surface area contributed by atoms with E-state index >= 15 is 0 Å². The van der Waals surface area contributed by atoms with Gasteiger partial charge in [-0.2, -0.15) is 5.10 Å². The van der Waals surface area contributed by atoms with E-state index in [0.717, 1.165) is 28.2 Å². The van der Waals surface area contributed by atoms with Gasteiger partial charge < -0.3 is 9.47 Å². The van der Waals surface area contributed by atoms with Crippen LogP contribution in [0.15, 0.2) is 84.0 Å². The van der Waals surface area contributed by atoms with Crippen molar-refractivity contribution in [1.29, 1.82) is 0 Å². The standard InChI is InChI=1S/C25H25N3O3/c1-30-22-12-6-10-20(14-22)16-26-28-24(29)18-27(17-19-8-4-3-5-9-19)25(28)21-11-7-13-23(15-21)31-2/h3-16,25H,17-18H2,1-2H3/b26-16+. The summed E-state index contributed by atoms with van der Waals surface area (Å²) < 4.78 is 10.7. The van der Waals surface area contributed by atoms with Crippen molar-refractivity contribution >= 4 is 12.1 Å². The molecule has 0 spiro atoms. The van der Waals surface area contributed by atoms with Gasteiger partial charge in [0.15, 0.2) is 0 Å². The highest BCUT2D eigenvalue weighted by Crippen LogP contribution is 2.34. The molecule has 0 radical (unpaired) electrons. The Morgan fingerprint density at radius 1 is 0.935 bits per heavy atom. The summed E-state index contributed by atoms with van der Waals surface area (Å²) in [6.07, 6.45) is 1.37. The second-order valence-corrected chi connectivity index (χ2v) is 7.30. The van der Waals surface area contributed by atoms with Crippen LogP contribution in [0, 0.1) is 0 Å². The van der Waals surface area contributed by atoms with Gasteiger partial charge >= 0.3 is 0 Å².